The summed E-state index contributed by atoms with van der Waals surface area (Å²) in [5.74, 6) is -0.309. The first-order valence-electron chi connectivity index (χ1n) is 5.99. The Kier molecular flexibility index (Phi) is 4.12. The Morgan fingerprint density at radius 1 is 1.50 bits per heavy atom. The van der Waals surface area contributed by atoms with E-state index in [0.29, 0.717) is 5.69 Å². The Labute approximate surface area is 108 Å². The van der Waals surface area contributed by atoms with Gasteiger partial charge in [-0.15, -0.1) is 0 Å². The third-order valence-corrected chi connectivity index (χ3v) is 2.70. The highest BCUT2D eigenvalue weighted by Gasteiger charge is 2.27. The monoisotopic (exact) mass is 248 g/mol. The Morgan fingerprint density at radius 2 is 2.11 bits per heavy atom. The fourth-order valence-corrected chi connectivity index (χ4v) is 1.38. The molecule has 1 heterocycles. The minimum Gasteiger partial charge on any atom is -0.334 e. The van der Waals surface area contributed by atoms with E-state index < -0.39 is 6.04 Å². The lowest BCUT2D eigenvalue weighted by Crippen LogP contribution is -2.42. The van der Waals surface area contributed by atoms with Gasteiger partial charge in [0.15, 0.2) is 0 Å². The molecule has 0 aromatic carbocycles. The Balaban J connectivity index is 2.79. The molecule has 0 saturated heterocycles. The highest BCUT2D eigenvalue weighted by atomic mass is 16.2. The number of nitriles is 1. The first-order valence-corrected chi connectivity index (χ1v) is 5.99. The van der Waals surface area contributed by atoms with Crippen molar-refractivity contribution in [3.05, 3.63) is 18.2 Å². The molecule has 1 N–H and O–H groups in total. The topological polar surface area (TPSA) is 70.7 Å². The number of nitrogens with zero attached hydrogens (tertiary/aromatic N) is 3. The molecular formula is C13H20N4O. The largest absolute Gasteiger partial charge is 0.334 e. The summed E-state index contributed by atoms with van der Waals surface area (Å²) in [7, 11) is 0. The van der Waals surface area contributed by atoms with Gasteiger partial charge in [-0.05, 0) is 19.3 Å². The van der Waals surface area contributed by atoms with Gasteiger partial charge in [-0.1, -0.05) is 20.8 Å². The van der Waals surface area contributed by atoms with Crippen LogP contribution in [0.3, 0.4) is 0 Å². The average Bonchev–Trinajstić information content (AvgIpc) is 2.73. The van der Waals surface area contributed by atoms with E-state index in [1.807, 2.05) is 39.2 Å². The lowest BCUT2D eigenvalue weighted by atomic mass is 9.87. The molecule has 0 aliphatic carbocycles. The summed E-state index contributed by atoms with van der Waals surface area (Å²) in [5, 5.41) is 11.8. The van der Waals surface area contributed by atoms with Crippen LogP contribution in [0.15, 0.2) is 12.5 Å². The summed E-state index contributed by atoms with van der Waals surface area (Å²) in [6, 6.07) is 1.83. The average molecular weight is 248 g/mol. The summed E-state index contributed by atoms with van der Waals surface area (Å²) in [6.07, 6.45) is 3.31. The molecule has 1 aromatic rings. The van der Waals surface area contributed by atoms with Gasteiger partial charge in [0.2, 0.25) is 0 Å². The summed E-state index contributed by atoms with van der Waals surface area (Å²) in [6.45, 7) is 9.75. The van der Waals surface area contributed by atoms with Crippen molar-refractivity contribution < 1.29 is 4.79 Å². The number of hydrogen-bond acceptors (Lipinski definition) is 3. The van der Waals surface area contributed by atoms with Crippen molar-refractivity contribution in [2.75, 3.05) is 0 Å². The molecule has 1 rings (SSSR count). The Bertz CT molecular complexity index is 462. The first-order chi connectivity index (χ1) is 8.25. The minimum atomic E-state index is -0.533. The Morgan fingerprint density at radius 3 is 2.50 bits per heavy atom. The zero-order valence-electron chi connectivity index (χ0n) is 11.6. The zero-order valence-corrected chi connectivity index (χ0v) is 11.6. The molecular weight excluding hydrogens is 228 g/mol. The SMILES string of the molecule is CC(C)n1cnc(C(=O)NC(C#N)C(C)(C)C)c1. The third-order valence-electron chi connectivity index (χ3n) is 2.70. The van der Waals surface area contributed by atoms with Gasteiger partial charge in [0.25, 0.3) is 5.91 Å². The summed E-state index contributed by atoms with van der Waals surface area (Å²) >= 11 is 0. The van der Waals surface area contributed by atoms with Crippen LogP contribution in [0, 0.1) is 16.7 Å². The van der Waals surface area contributed by atoms with Crippen molar-refractivity contribution in [1.29, 1.82) is 5.26 Å². The van der Waals surface area contributed by atoms with Crippen molar-refractivity contribution in [2.45, 2.75) is 46.7 Å². The maximum absolute atomic E-state index is 12.0. The second kappa shape index (κ2) is 5.21. The van der Waals surface area contributed by atoms with Crippen LogP contribution in [0.2, 0.25) is 0 Å². The van der Waals surface area contributed by atoms with E-state index in [0.717, 1.165) is 0 Å². The number of carbonyl (C=O) groups excluding carboxylic acids is 1. The Hall–Kier alpha value is -1.83. The molecule has 0 aliphatic heterocycles. The van der Waals surface area contributed by atoms with E-state index >= 15 is 0 Å². The summed E-state index contributed by atoms with van der Waals surface area (Å²) in [5.41, 5.74) is 0.0404. The molecule has 1 amide bonds. The van der Waals surface area contributed by atoms with Crippen molar-refractivity contribution in [2.24, 2.45) is 5.41 Å². The molecule has 1 unspecified atom stereocenters. The predicted molar refractivity (Wildman–Crippen MR) is 68.9 cm³/mol. The minimum absolute atomic E-state index is 0.258. The van der Waals surface area contributed by atoms with Gasteiger partial charge in [0, 0.05) is 12.2 Å². The van der Waals surface area contributed by atoms with Gasteiger partial charge < -0.3 is 9.88 Å². The van der Waals surface area contributed by atoms with Crippen molar-refractivity contribution in [1.82, 2.24) is 14.9 Å². The van der Waals surface area contributed by atoms with Crippen LogP contribution in [0.25, 0.3) is 0 Å². The number of rotatable bonds is 3. The van der Waals surface area contributed by atoms with E-state index in [1.165, 1.54) is 0 Å². The summed E-state index contributed by atoms with van der Waals surface area (Å²) < 4.78 is 1.85. The van der Waals surface area contributed by atoms with Crippen LogP contribution < -0.4 is 5.32 Å². The number of carbonyl (C=O) groups is 1. The van der Waals surface area contributed by atoms with Gasteiger partial charge in [0.1, 0.15) is 11.7 Å². The summed E-state index contributed by atoms with van der Waals surface area (Å²) in [4.78, 5) is 16.0. The number of aromatic nitrogens is 2. The molecule has 0 radical (unpaired) electrons. The number of hydrogen-bond donors (Lipinski definition) is 1. The predicted octanol–water partition coefficient (Wildman–Crippen LogP) is 2.13. The molecule has 0 saturated carbocycles. The lowest BCUT2D eigenvalue weighted by Gasteiger charge is -2.25. The van der Waals surface area contributed by atoms with E-state index in [-0.39, 0.29) is 17.4 Å². The highest BCUT2D eigenvalue weighted by Crippen LogP contribution is 2.18. The molecule has 0 spiro atoms. The van der Waals surface area contributed by atoms with Crippen LogP contribution in [0.5, 0.6) is 0 Å². The van der Waals surface area contributed by atoms with E-state index in [9.17, 15) is 4.79 Å². The van der Waals surface area contributed by atoms with E-state index in [1.54, 1.807) is 12.5 Å². The number of nitrogens with one attached hydrogen (secondary N) is 1. The van der Waals surface area contributed by atoms with Crippen LogP contribution in [0.4, 0.5) is 0 Å². The van der Waals surface area contributed by atoms with E-state index in [2.05, 4.69) is 16.4 Å². The van der Waals surface area contributed by atoms with Crippen molar-refractivity contribution in [3.8, 4) is 6.07 Å². The molecule has 5 nitrogen and oxygen atoms in total. The van der Waals surface area contributed by atoms with E-state index in [4.69, 9.17) is 5.26 Å². The molecule has 0 fully saturated rings. The number of imidazole rings is 1. The van der Waals surface area contributed by atoms with Gasteiger partial charge in [-0.3, -0.25) is 4.79 Å². The van der Waals surface area contributed by atoms with Crippen LogP contribution in [-0.2, 0) is 0 Å². The van der Waals surface area contributed by atoms with Crippen molar-refractivity contribution >= 4 is 5.91 Å². The standard InChI is InChI=1S/C13H20N4O/c1-9(2)17-7-10(15-8-17)12(18)16-11(6-14)13(3,4)5/h7-9,11H,1-5H3,(H,16,18). The van der Waals surface area contributed by atoms with Gasteiger partial charge in [-0.2, -0.15) is 5.26 Å². The molecule has 5 heteroatoms. The second-order valence-electron chi connectivity index (χ2n) is 5.70. The quantitative estimate of drug-likeness (QED) is 0.890. The highest BCUT2D eigenvalue weighted by molar-refractivity contribution is 5.92. The maximum atomic E-state index is 12.0. The number of amides is 1. The second-order valence-corrected chi connectivity index (χ2v) is 5.70. The van der Waals surface area contributed by atoms with Gasteiger partial charge in [-0.25, -0.2) is 4.98 Å². The molecule has 1 atom stereocenters. The molecule has 1 aromatic heterocycles. The van der Waals surface area contributed by atoms with Crippen molar-refractivity contribution in [3.63, 3.8) is 0 Å². The zero-order chi connectivity index (χ0) is 13.9. The fourth-order valence-electron chi connectivity index (χ4n) is 1.38. The van der Waals surface area contributed by atoms with Crippen LogP contribution in [-0.4, -0.2) is 21.5 Å². The van der Waals surface area contributed by atoms with Gasteiger partial charge >= 0.3 is 0 Å². The third kappa shape index (κ3) is 3.33. The first kappa shape index (κ1) is 14.2. The van der Waals surface area contributed by atoms with Crippen LogP contribution in [0.1, 0.15) is 51.1 Å². The lowest BCUT2D eigenvalue weighted by molar-refractivity contribution is 0.0917. The van der Waals surface area contributed by atoms with Crippen LogP contribution >= 0.6 is 0 Å². The smallest absolute Gasteiger partial charge is 0.272 e. The van der Waals surface area contributed by atoms with Gasteiger partial charge in [0.05, 0.1) is 12.4 Å². The molecule has 0 bridgehead atoms. The fraction of sp³-hybridized carbons (Fsp3) is 0.615. The molecule has 18 heavy (non-hydrogen) atoms. The maximum Gasteiger partial charge on any atom is 0.272 e. The molecule has 98 valence electrons. The molecule has 0 aliphatic rings. The normalized spacial score (nSPS) is 13.2.